The summed E-state index contributed by atoms with van der Waals surface area (Å²) in [4.78, 5) is 24.1. The zero-order valence-electron chi connectivity index (χ0n) is 12.0. The Bertz CT molecular complexity index is 510. The largest absolute Gasteiger partial charge is 0.383 e. The van der Waals surface area contributed by atoms with Crippen molar-refractivity contribution in [3.63, 3.8) is 0 Å². The van der Waals surface area contributed by atoms with Gasteiger partial charge in [-0.05, 0) is 13.1 Å². The molecule has 0 radical (unpaired) electrons. The average Bonchev–Trinajstić information content (AvgIpc) is 2.44. The predicted octanol–water partition coefficient (Wildman–Crippen LogP) is 1.56. The number of rotatable bonds is 8. The van der Waals surface area contributed by atoms with Gasteiger partial charge in [0.15, 0.2) is 0 Å². The summed E-state index contributed by atoms with van der Waals surface area (Å²) in [5.74, 6) is -0.427. The van der Waals surface area contributed by atoms with E-state index in [-0.39, 0.29) is 16.3 Å². The molecule has 0 aliphatic rings. The van der Waals surface area contributed by atoms with E-state index in [9.17, 15) is 14.9 Å². The van der Waals surface area contributed by atoms with Gasteiger partial charge in [0.05, 0.1) is 17.1 Å². The Morgan fingerprint density at radius 1 is 1.48 bits per heavy atom. The molecular formula is C13H18ClN3O4. The maximum atomic E-state index is 12.0. The number of nitrogens with one attached hydrogen (secondary N) is 1. The quantitative estimate of drug-likeness (QED) is 0.581. The number of hydrogen-bond donors (Lipinski definition) is 1. The van der Waals surface area contributed by atoms with E-state index in [4.69, 9.17) is 16.3 Å². The lowest BCUT2D eigenvalue weighted by Gasteiger charge is -2.16. The van der Waals surface area contributed by atoms with Crippen molar-refractivity contribution < 1.29 is 14.5 Å². The number of likely N-dealkylation sites (N-methyl/N-ethyl adjacent to an activating group) is 1. The van der Waals surface area contributed by atoms with Crippen molar-refractivity contribution in [3.05, 3.63) is 38.9 Å². The van der Waals surface area contributed by atoms with Gasteiger partial charge in [-0.3, -0.25) is 14.9 Å². The number of halogens is 1. The van der Waals surface area contributed by atoms with Crippen molar-refractivity contribution in [1.82, 2.24) is 10.2 Å². The highest BCUT2D eigenvalue weighted by atomic mass is 35.5. The lowest BCUT2D eigenvalue weighted by Crippen LogP contribution is -2.34. The van der Waals surface area contributed by atoms with Gasteiger partial charge >= 0.3 is 0 Å². The highest BCUT2D eigenvalue weighted by Gasteiger charge is 2.19. The molecule has 0 heterocycles. The molecule has 1 aromatic rings. The molecule has 0 aromatic heterocycles. The highest BCUT2D eigenvalue weighted by Crippen LogP contribution is 2.27. The molecule has 0 saturated carbocycles. The molecular weight excluding hydrogens is 298 g/mol. The van der Waals surface area contributed by atoms with Gasteiger partial charge < -0.3 is 15.0 Å². The van der Waals surface area contributed by atoms with Gasteiger partial charge in [-0.25, -0.2) is 0 Å². The number of hydrogen-bond acceptors (Lipinski definition) is 5. The smallest absolute Gasteiger partial charge is 0.288 e. The second-order valence-electron chi connectivity index (χ2n) is 4.45. The fourth-order valence-corrected chi connectivity index (χ4v) is 1.93. The summed E-state index contributed by atoms with van der Waals surface area (Å²) >= 11 is 5.88. The lowest BCUT2D eigenvalue weighted by molar-refractivity contribution is -0.384. The van der Waals surface area contributed by atoms with E-state index in [1.807, 2.05) is 11.9 Å². The van der Waals surface area contributed by atoms with E-state index >= 15 is 0 Å². The monoisotopic (exact) mass is 315 g/mol. The van der Waals surface area contributed by atoms with Gasteiger partial charge in [0, 0.05) is 32.8 Å². The summed E-state index contributed by atoms with van der Waals surface area (Å²) in [6.07, 6.45) is 0. The zero-order chi connectivity index (χ0) is 15.8. The number of amides is 1. The third-order valence-corrected chi connectivity index (χ3v) is 3.27. The Kier molecular flexibility index (Phi) is 7.07. The van der Waals surface area contributed by atoms with E-state index in [1.165, 1.54) is 18.2 Å². The molecule has 0 unspecified atom stereocenters. The first kappa shape index (κ1) is 17.4. The van der Waals surface area contributed by atoms with Crippen LogP contribution < -0.4 is 5.32 Å². The molecule has 0 saturated heterocycles. The van der Waals surface area contributed by atoms with Crippen LogP contribution in [0, 0.1) is 10.1 Å². The van der Waals surface area contributed by atoms with Crippen molar-refractivity contribution in [2.24, 2.45) is 0 Å². The number of nitro groups is 1. The van der Waals surface area contributed by atoms with Gasteiger partial charge in [0.25, 0.3) is 11.6 Å². The molecule has 21 heavy (non-hydrogen) atoms. The molecule has 0 aliphatic heterocycles. The second-order valence-corrected chi connectivity index (χ2v) is 4.83. The molecule has 7 nitrogen and oxygen atoms in total. The second kappa shape index (κ2) is 8.56. The summed E-state index contributed by atoms with van der Waals surface area (Å²) in [5.41, 5.74) is -0.174. The molecule has 1 amide bonds. The van der Waals surface area contributed by atoms with Crippen LogP contribution in [0.5, 0.6) is 0 Å². The molecule has 8 heteroatoms. The van der Waals surface area contributed by atoms with Gasteiger partial charge in [0.2, 0.25) is 0 Å². The topological polar surface area (TPSA) is 84.7 Å². The van der Waals surface area contributed by atoms with E-state index in [0.29, 0.717) is 19.7 Å². The Hall–Kier alpha value is -1.70. The minimum Gasteiger partial charge on any atom is -0.383 e. The third-order valence-electron chi connectivity index (χ3n) is 2.88. The summed E-state index contributed by atoms with van der Waals surface area (Å²) < 4.78 is 4.95. The summed E-state index contributed by atoms with van der Waals surface area (Å²) in [6.45, 7) is 2.42. The van der Waals surface area contributed by atoms with E-state index < -0.39 is 10.8 Å². The van der Waals surface area contributed by atoms with E-state index in [2.05, 4.69) is 5.32 Å². The van der Waals surface area contributed by atoms with Crippen LogP contribution >= 0.6 is 11.6 Å². The minimum absolute atomic E-state index is 0.102. The number of ether oxygens (including phenoxy) is 1. The Labute approximate surface area is 128 Å². The molecule has 0 spiro atoms. The van der Waals surface area contributed by atoms with Gasteiger partial charge in [-0.15, -0.1) is 0 Å². The summed E-state index contributed by atoms with van der Waals surface area (Å²) in [7, 11) is 3.53. The third kappa shape index (κ3) is 5.30. The molecule has 1 N–H and O–H groups in total. The number of carbonyl (C=O) groups excluding carboxylic acids is 1. The number of benzene rings is 1. The molecule has 0 atom stereocenters. The van der Waals surface area contributed by atoms with Gasteiger partial charge in [-0.2, -0.15) is 0 Å². The zero-order valence-corrected chi connectivity index (χ0v) is 12.7. The highest BCUT2D eigenvalue weighted by molar-refractivity contribution is 6.35. The summed E-state index contributed by atoms with van der Waals surface area (Å²) in [6, 6.07) is 4.15. The Morgan fingerprint density at radius 3 is 2.81 bits per heavy atom. The van der Waals surface area contributed by atoms with Crippen LogP contribution in [0.4, 0.5) is 5.69 Å². The first-order valence-electron chi connectivity index (χ1n) is 6.36. The average molecular weight is 316 g/mol. The van der Waals surface area contributed by atoms with E-state index in [1.54, 1.807) is 7.11 Å². The van der Waals surface area contributed by atoms with Crippen molar-refractivity contribution >= 4 is 23.2 Å². The summed E-state index contributed by atoms with van der Waals surface area (Å²) in [5, 5.41) is 13.3. The SMILES string of the molecule is COCCN(C)CCNC(=O)c1cccc([N+](=O)[O-])c1Cl. The maximum Gasteiger partial charge on any atom is 0.288 e. The van der Waals surface area contributed by atoms with Crippen LogP contribution in [-0.2, 0) is 4.74 Å². The molecule has 0 fully saturated rings. The number of methoxy groups -OCH3 is 1. The molecule has 0 bridgehead atoms. The predicted molar refractivity (Wildman–Crippen MR) is 79.8 cm³/mol. The van der Waals surface area contributed by atoms with Gasteiger partial charge in [-0.1, -0.05) is 17.7 Å². The van der Waals surface area contributed by atoms with Crippen molar-refractivity contribution in [3.8, 4) is 0 Å². The van der Waals surface area contributed by atoms with Crippen LogP contribution in [0.25, 0.3) is 0 Å². The van der Waals surface area contributed by atoms with Crippen LogP contribution in [0.3, 0.4) is 0 Å². The van der Waals surface area contributed by atoms with Crippen LogP contribution in [0.1, 0.15) is 10.4 Å². The van der Waals surface area contributed by atoms with Gasteiger partial charge in [0.1, 0.15) is 5.02 Å². The normalized spacial score (nSPS) is 10.7. The van der Waals surface area contributed by atoms with Crippen molar-refractivity contribution in [1.29, 1.82) is 0 Å². The van der Waals surface area contributed by atoms with Crippen molar-refractivity contribution in [2.45, 2.75) is 0 Å². The fourth-order valence-electron chi connectivity index (χ4n) is 1.65. The number of nitro benzene ring substituents is 1. The van der Waals surface area contributed by atoms with Crippen molar-refractivity contribution in [2.75, 3.05) is 40.4 Å². The molecule has 1 aromatic carbocycles. The first-order chi connectivity index (χ1) is 9.97. The molecule has 0 aliphatic carbocycles. The Balaban J connectivity index is 2.57. The first-order valence-corrected chi connectivity index (χ1v) is 6.73. The minimum atomic E-state index is -0.613. The number of nitrogens with zero attached hydrogens (tertiary/aromatic N) is 2. The number of carbonyl (C=O) groups is 1. The maximum absolute atomic E-state index is 12.0. The lowest BCUT2D eigenvalue weighted by atomic mass is 10.2. The fraction of sp³-hybridized carbons (Fsp3) is 0.462. The van der Waals surface area contributed by atoms with E-state index in [0.717, 1.165) is 6.54 Å². The van der Waals surface area contributed by atoms with Crippen LogP contribution in [-0.4, -0.2) is 56.1 Å². The van der Waals surface area contributed by atoms with Crippen LogP contribution in [0.15, 0.2) is 18.2 Å². The molecule has 1 rings (SSSR count). The molecule has 116 valence electrons. The van der Waals surface area contributed by atoms with Crippen LogP contribution in [0.2, 0.25) is 5.02 Å². The Morgan fingerprint density at radius 2 is 2.19 bits per heavy atom. The standard InChI is InChI=1S/C13H18ClN3O4/c1-16(8-9-21-2)7-6-15-13(18)10-4-3-5-11(12(10)14)17(19)20/h3-5H,6-9H2,1-2H3,(H,15,18).